The number of benzene rings is 1. The number of carbonyl (C=O) groups is 1. The van der Waals surface area contributed by atoms with E-state index in [1.807, 2.05) is 35.4 Å². The van der Waals surface area contributed by atoms with Gasteiger partial charge in [0.2, 0.25) is 5.91 Å². The third kappa shape index (κ3) is 5.52. The Kier molecular flexibility index (Phi) is 6.87. The molecule has 0 saturated heterocycles. The standard InChI is InChI=1S/C21H28N2O2/c1-5-11-23(21(24)13-17(2)3)16-19-9-7-12-22(19)15-18-8-6-10-20(14-18)25-4/h5-10,12,14,17H,1,11,13,15-16H2,2-4H3. The van der Waals surface area contributed by atoms with Crippen molar-refractivity contribution in [3.05, 3.63) is 66.5 Å². The Hall–Kier alpha value is -2.49. The van der Waals surface area contributed by atoms with Gasteiger partial charge in [0.25, 0.3) is 0 Å². The van der Waals surface area contributed by atoms with Gasteiger partial charge in [-0.3, -0.25) is 4.79 Å². The minimum absolute atomic E-state index is 0.170. The SMILES string of the molecule is C=CCN(Cc1cccn1Cc1cccc(OC)c1)C(=O)CC(C)C. The number of hydrogen-bond donors (Lipinski definition) is 0. The van der Waals surface area contributed by atoms with E-state index in [9.17, 15) is 4.79 Å². The van der Waals surface area contributed by atoms with Gasteiger partial charge < -0.3 is 14.2 Å². The fourth-order valence-corrected chi connectivity index (χ4v) is 2.80. The van der Waals surface area contributed by atoms with Crippen LogP contribution in [0.4, 0.5) is 0 Å². The van der Waals surface area contributed by atoms with E-state index < -0.39 is 0 Å². The van der Waals surface area contributed by atoms with Crippen molar-refractivity contribution in [1.82, 2.24) is 9.47 Å². The van der Waals surface area contributed by atoms with Crippen LogP contribution in [0, 0.1) is 5.92 Å². The van der Waals surface area contributed by atoms with Gasteiger partial charge in [-0.2, -0.15) is 0 Å². The summed E-state index contributed by atoms with van der Waals surface area (Å²) in [6, 6.07) is 12.1. The Morgan fingerprint density at radius 1 is 1.32 bits per heavy atom. The first-order chi connectivity index (χ1) is 12.0. The van der Waals surface area contributed by atoms with Crippen molar-refractivity contribution < 1.29 is 9.53 Å². The second-order valence-corrected chi connectivity index (χ2v) is 6.64. The lowest BCUT2D eigenvalue weighted by Gasteiger charge is -2.23. The summed E-state index contributed by atoms with van der Waals surface area (Å²) in [4.78, 5) is 14.3. The largest absolute Gasteiger partial charge is 0.497 e. The summed E-state index contributed by atoms with van der Waals surface area (Å²) in [5.41, 5.74) is 2.28. The highest BCUT2D eigenvalue weighted by Gasteiger charge is 2.15. The quantitative estimate of drug-likeness (QED) is 0.644. The van der Waals surface area contributed by atoms with Gasteiger partial charge in [-0.25, -0.2) is 0 Å². The van der Waals surface area contributed by atoms with E-state index in [2.05, 4.69) is 37.1 Å². The van der Waals surface area contributed by atoms with Gasteiger partial charge in [-0.1, -0.05) is 32.1 Å². The van der Waals surface area contributed by atoms with E-state index >= 15 is 0 Å². The van der Waals surface area contributed by atoms with Crippen LogP contribution in [0.1, 0.15) is 31.5 Å². The molecular weight excluding hydrogens is 312 g/mol. The van der Waals surface area contributed by atoms with Gasteiger partial charge in [0.05, 0.1) is 13.7 Å². The summed E-state index contributed by atoms with van der Waals surface area (Å²) in [6.45, 7) is 9.82. The molecule has 0 fully saturated rings. The molecule has 0 bridgehead atoms. The molecule has 134 valence electrons. The van der Waals surface area contributed by atoms with Crippen molar-refractivity contribution in [3.8, 4) is 5.75 Å². The van der Waals surface area contributed by atoms with Crippen LogP contribution in [0.2, 0.25) is 0 Å². The molecule has 1 heterocycles. The predicted octanol–water partition coefficient (Wildman–Crippen LogP) is 4.11. The molecule has 0 atom stereocenters. The summed E-state index contributed by atoms with van der Waals surface area (Å²) in [5.74, 6) is 1.37. The third-order valence-electron chi connectivity index (χ3n) is 4.05. The lowest BCUT2D eigenvalue weighted by Crippen LogP contribution is -2.32. The Morgan fingerprint density at radius 3 is 2.80 bits per heavy atom. The summed E-state index contributed by atoms with van der Waals surface area (Å²) < 4.78 is 7.47. The van der Waals surface area contributed by atoms with Crippen LogP contribution in [0.5, 0.6) is 5.75 Å². The first-order valence-corrected chi connectivity index (χ1v) is 8.69. The van der Waals surface area contributed by atoms with Gasteiger partial charge in [-0.15, -0.1) is 6.58 Å². The number of ether oxygens (including phenoxy) is 1. The molecule has 0 N–H and O–H groups in total. The molecule has 25 heavy (non-hydrogen) atoms. The van der Waals surface area contributed by atoms with Crippen LogP contribution in [-0.4, -0.2) is 29.0 Å². The second kappa shape index (κ2) is 9.11. The van der Waals surface area contributed by atoms with E-state index in [0.29, 0.717) is 25.4 Å². The maximum absolute atomic E-state index is 12.5. The van der Waals surface area contributed by atoms with Crippen LogP contribution in [0.25, 0.3) is 0 Å². The molecule has 2 aromatic rings. The average Bonchev–Trinajstić information content (AvgIpc) is 3.01. The van der Waals surface area contributed by atoms with Crippen molar-refractivity contribution in [2.45, 2.75) is 33.4 Å². The van der Waals surface area contributed by atoms with Crippen LogP contribution < -0.4 is 4.74 Å². The smallest absolute Gasteiger partial charge is 0.223 e. The van der Waals surface area contributed by atoms with E-state index in [-0.39, 0.29) is 5.91 Å². The van der Waals surface area contributed by atoms with Crippen LogP contribution in [0.3, 0.4) is 0 Å². The number of hydrogen-bond acceptors (Lipinski definition) is 2. The van der Waals surface area contributed by atoms with Crippen molar-refractivity contribution in [2.24, 2.45) is 5.92 Å². The first-order valence-electron chi connectivity index (χ1n) is 8.69. The van der Waals surface area contributed by atoms with E-state index in [4.69, 9.17) is 4.74 Å². The normalized spacial score (nSPS) is 10.7. The zero-order chi connectivity index (χ0) is 18.2. The maximum Gasteiger partial charge on any atom is 0.223 e. The fourth-order valence-electron chi connectivity index (χ4n) is 2.80. The van der Waals surface area contributed by atoms with Crippen LogP contribution in [-0.2, 0) is 17.9 Å². The van der Waals surface area contributed by atoms with E-state index in [1.165, 1.54) is 5.56 Å². The molecule has 1 aromatic heterocycles. The minimum atomic E-state index is 0.170. The molecule has 0 saturated carbocycles. The molecule has 0 aliphatic heterocycles. The van der Waals surface area contributed by atoms with Crippen LogP contribution in [0.15, 0.2) is 55.3 Å². The average molecular weight is 340 g/mol. The summed E-state index contributed by atoms with van der Waals surface area (Å²) in [7, 11) is 1.67. The van der Waals surface area contributed by atoms with Crippen molar-refractivity contribution in [1.29, 1.82) is 0 Å². The molecule has 0 aliphatic carbocycles. The van der Waals surface area contributed by atoms with Gasteiger partial charge in [0, 0.05) is 31.4 Å². The molecule has 0 unspecified atom stereocenters. The van der Waals surface area contributed by atoms with Crippen molar-refractivity contribution in [2.75, 3.05) is 13.7 Å². The highest BCUT2D eigenvalue weighted by molar-refractivity contribution is 5.76. The molecule has 4 nitrogen and oxygen atoms in total. The molecule has 0 spiro atoms. The predicted molar refractivity (Wildman–Crippen MR) is 102 cm³/mol. The second-order valence-electron chi connectivity index (χ2n) is 6.64. The molecule has 0 radical (unpaired) electrons. The van der Waals surface area contributed by atoms with E-state index in [0.717, 1.165) is 18.0 Å². The number of amides is 1. The summed E-state index contributed by atoms with van der Waals surface area (Å²) in [6.07, 6.45) is 4.39. The van der Waals surface area contributed by atoms with Gasteiger partial charge in [-0.05, 0) is 35.7 Å². The van der Waals surface area contributed by atoms with Crippen molar-refractivity contribution in [3.63, 3.8) is 0 Å². The van der Waals surface area contributed by atoms with E-state index in [1.54, 1.807) is 13.2 Å². The third-order valence-corrected chi connectivity index (χ3v) is 4.05. The first kappa shape index (κ1) is 18.8. The summed E-state index contributed by atoms with van der Waals surface area (Å²) >= 11 is 0. The highest BCUT2D eigenvalue weighted by atomic mass is 16.5. The topological polar surface area (TPSA) is 34.5 Å². The van der Waals surface area contributed by atoms with Gasteiger partial charge in [0.1, 0.15) is 5.75 Å². The molecule has 2 rings (SSSR count). The lowest BCUT2D eigenvalue weighted by atomic mass is 10.1. The minimum Gasteiger partial charge on any atom is -0.497 e. The highest BCUT2D eigenvalue weighted by Crippen LogP contribution is 2.16. The lowest BCUT2D eigenvalue weighted by molar-refractivity contribution is -0.132. The molecule has 1 amide bonds. The van der Waals surface area contributed by atoms with Gasteiger partial charge >= 0.3 is 0 Å². The van der Waals surface area contributed by atoms with Gasteiger partial charge in [0.15, 0.2) is 0 Å². The number of carbonyl (C=O) groups excluding carboxylic acids is 1. The zero-order valence-electron chi connectivity index (χ0n) is 15.4. The monoisotopic (exact) mass is 340 g/mol. The fraction of sp³-hybridized carbons (Fsp3) is 0.381. The number of nitrogens with zero attached hydrogens (tertiary/aromatic N) is 2. The van der Waals surface area contributed by atoms with Crippen LogP contribution >= 0.6 is 0 Å². The number of methoxy groups -OCH3 is 1. The molecule has 1 aromatic carbocycles. The number of aromatic nitrogens is 1. The van der Waals surface area contributed by atoms with Crippen molar-refractivity contribution >= 4 is 5.91 Å². The molecule has 0 aliphatic rings. The number of rotatable bonds is 9. The Balaban J connectivity index is 2.13. The Morgan fingerprint density at radius 2 is 2.12 bits per heavy atom. The maximum atomic E-state index is 12.5. The Labute approximate surface area is 150 Å². The summed E-state index contributed by atoms with van der Waals surface area (Å²) in [5, 5.41) is 0. The Bertz CT molecular complexity index is 703. The zero-order valence-corrected chi connectivity index (χ0v) is 15.4. The molecular formula is C21H28N2O2. The molecule has 4 heteroatoms.